The van der Waals surface area contributed by atoms with E-state index in [1.54, 1.807) is 12.1 Å². The number of aliphatic hydroxyl groups is 1. The topological polar surface area (TPSA) is 49.3 Å². The average molecular weight is 275 g/mol. The molecule has 1 amide bonds. The molecule has 0 bridgehead atoms. The predicted molar refractivity (Wildman–Crippen MR) is 78.2 cm³/mol. The zero-order valence-electron chi connectivity index (χ0n) is 10.7. The molecule has 19 heavy (non-hydrogen) atoms. The lowest BCUT2D eigenvalue weighted by atomic mass is 10.1. The van der Waals surface area contributed by atoms with Gasteiger partial charge in [0.05, 0.1) is 0 Å². The van der Waals surface area contributed by atoms with E-state index >= 15 is 0 Å². The monoisotopic (exact) mass is 275 g/mol. The Bertz CT molecular complexity index is 498. The first-order valence-electron chi connectivity index (χ1n) is 6.38. The van der Waals surface area contributed by atoms with Gasteiger partial charge >= 0.3 is 0 Å². The average Bonchev–Trinajstić information content (AvgIpc) is 2.46. The Morgan fingerprint density at radius 2 is 2.21 bits per heavy atom. The predicted octanol–water partition coefficient (Wildman–Crippen LogP) is 1.66. The van der Waals surface area contributed by atoms with Crippen LogP contribution in [0.15, 0.2) is 24.3 Å². The molecule has 4 heteroatoms. The second kappa shape index (κ2) is 7.22. The van der Waals surface area contributed by atoms with Gasteiger partial charge in [-0.2, -0.15) is 11.8 Å². The highest BCUT2D eigenvalue weighted by molar-refractivity contribution is 7.99. The third kappa shape index (κ3) is 4.30. The van der Waals surface area contributed by atoms with Crippen LogP contribution in [0.5, 0.6) is 0 Å². The summed E-state index contributed by atoms with van der Waals surface area (Å²) in [6.07, 6.45) is 2.08. The Hall–Kier alpha value is -1.44. The molecule has 1 aliphatic rings. The molecule has 1 heterocycles. The number of rotatable bonds is 2. The maximum Gasteiger partial charge on any atom is 0.251 e. The van der Waals surface area contributed by atoms with Crippen LogP contribution < -0.4 is 5.32 Å². The van der Waals surface area contributed by atoms with E-state index in [0.717, 1.165) is 29.9 Å². The third-order valence-electron chi connectivity index (χ3n) is 2.99. The number of aliphatic hydroxyl groups excluding tert-OH is 1. The molecule has 1 aromatic carbocycles. The van der Waals surface area contributed by atoms with E-state index in [-0.39, 0.29) is 12.5 Å². The van der Waals surface area contributed by atoms with E-state index in [1.165, 1.54) is 0 Å². The number of benzene rings is 1. The number of carbonyl (C=O) groups is 1. The van der Waals surface area contributed by atoms with Crippen molar-refractivity contribution in [3.8, 4) is 11.8 Å². The third-order valence-corrected chi connectivity index (χ3v) is 4.04. The lowest BCUT2D eigenvalue weighted by molar-refractivity contribution is 0.0935. The standard InChI is InChI=1S/C15H17NO2S/c17-8-2-4-12-3-1-5-13(11-12)15(18)16-14-6-9-19-10-7-14/h1,3,5,11,14,17H,6-10H2,(H,16,18). The molecule has 0 unspecified atom stereocenters. The van der Waals surface area contributed by atoms with Gasteiger partial charge in [-0.25, -0.2) is 0 Å². The first kappa shape index (κ1) is 14.0. The maximum atomic E-state index is 12.1. The van der Waals surface area contributed by atoms with Crippen LogP contribution >= 0.6 is 11.8 Å². The Kier molecular flexibility index (Phi) is 5.31. The number of amides is 1. The van der Waals surface area contributed by atoms with Crippen LogP contribution in [0.25, 0.3) is 0 Å². The summed E-state index contributed by atoms with van der Waals surface area (Å²) in [5.41, 5.74) is 1.38. The molecular formula is C15H17NO2S. The Morgan fingerprint density at radius 1 is 1.42 bits per heavy atom. The van der Waals surface area contributed by atoms with Crippen molar-refractivity contribution < 1.29 is 9.90 Å². The smallest absolute Gasteiger partial charge is 0.251 e. The molecule has 3 nitrogen and oxygen atoms in total. The molecule has 0 aromatic heterocycles. The summed E-state index contributed by atoms with van der Waals surface area (Å²) in [6, 6.07) is 7.48. The van der Waals surface area contributed by atoms with Crippen molar-refractivity contribution in [2.75, 3.05) is 18.1 Å². The van der Waals surface area contributed by atoms with Crippen molar-refractivity contribution in [2.45, 2.75) is 18.9 Å². The minimum Gasteiger partial charge on any atom is -0.384 e. The van der Waals surface area contributed by atoms with Gasteiger partial charge in [0, 0.05) is 17.2 Å². The van der Waals surface area contributed by atoms with Crippen LogP contribution in [-0.4, -0.2) is 35.2 Å². The molecule has 1 saturated heterocycles. The summed E-state index contributed by atoms with van der Waals surface area (Å²) in [6.45, 7) is -0.170. The van der Waals surface area contributed by atoms with E-state index in [4.69, 9.17) is 5.11 Å². The molecular weight excluding hydrogens is 258 g/mol. The van der Waals surface area contributed by atoms with Crippen LogP contribution in [0.3, 0.4) is 0 Å². The van der Waals surface area contributed by atoms with Crippen molar-refractivity contribution in [3.05, 3.63) is 35.4 Å². The molecule has 1 fully saturated rings. The molecule has 0 spiro atoms. The fourth-order valence-electron chi connectivity index (χ4n) is 1.99. The van der Waals surface area contributed by atoms with E-state index in [0.29, 0.717) is 11.6 Å². The van der Waals surface area contributed by atoms with Gasteiger partial charge in [-0.15, -0.1) is 0 Å². The van der Waals surface area contributed by atoms with Crippen molar-refractivity contribution in [3.63, 3.8) is 0 Å². The molecule has 100 valence electrons. The van der Waals surface area contributed by atoms with Gasteiger partial charge in [0.1, 0.15) is 6.61 Å². The largest absolute Gasteiger partial charge is 0.384 e. The Morgan fingerprint density at radius 3 is 2.95 bits per heavy atom. The minimum absolute atomic E-state index is 0.0375. The highest BCUT2D eigenvalue weighted by Gasteiger charge is 2.16. The van der Waals surface area contributed by atoms with E-state index in [2.05, 4.69) is 17.2 Å². The molecule has 1 aromatic rings. The molecule has 0 saturated carbocycles. The second-order valence-corrected chi connectivity index (χ2v) is 5.63. The lowest BCUT2D eigenvalue weighted by Crippen LogP contribution is -2.37. The van der Waals surface area contributed by atoms with E-state index < -0.39 is 0 Å². The van der Waals surface area contributed by atoms with Crippen molar-refractivity contribution in [1.82, 2.24) is 5.32 Å². The molecule has 2 rings (SSSR count). The SMILES string of the molecule is O=C(NC1CCSCC1)c1cccc(C#CCO)c1. The summed E-state index contributed by atoms with van der Waals surface area (Å²) in [7, 11) is 0. The first-order chi connectivity index (χ1) is 9.29. The van der Waals surface area contributed by atoms with Crippen molar-refractivity contribution >= 4 is 17.7 Å². The van der Waals surface area contributed by atoms with Gasteiger partial charge in [0.25, 0.3) is 5.91 Å². The summed E-state index contributed by atoms with van der Waals surface area (Å²) in [5, 5.41) is 11.7. The summed E-state index contributed by atoms with van der Waals surface area (Å²) >= 11 is 1.94. The van der Waals surface area contributed by atoms with E-state index in [1.807, 2.05) is 23.9 Å². The van der Waals surface area contributed by atoms with E-state index in [9.17, 15) is 4.79 Å². The minimum atomic E-state index is -0.170. The molecule has 0 aliphatic carbocycles. The normalized spacial score (nSPS) is 15.4. The molecule has 0 radical (unpaired) electrons. The van der Waals surface area contributed by atoms with Crippen LogP contribution in [0, 0.1) is 11.8 Å². The summed E-state index contributed by atoms with van der Waals surface area (Å²) in [4.78, 5) is 12.1. The number of nitrogens with one attached hydrogen (secondary N) is 1. The van der Waals surface area contributed by atoms with Gasteiger partial charge in [0.15, 0.2) is 0 Å². The molecule has 1 aliphatic heterocycles. The van der Waals surface area contributed by atoms with Crippen LogP contribution in [-0.2, 0) is 0 Å². The maximum absolute atomic E-state index is 12.1. The highest BCUT2D eigenvalue weighted by Crippen LogP contribution is 2.17. The fourth-order valence-corrected chi connectivity index (χ4v) is 3.10. The van der Waals surface area contributed by atoms with Gasteiger partial charge in [-0.3, -0.25) is 4.79 Å². The number of hydrogen-bond acceptors (Lipinski definition) is 3. The van der Waals surface area contributed by atoms with Gasteiger partial charge in [-0.1, -0.05) is 17.9 Å². The Labute approximate surface area is 117 Å². The number of carbonyl (C=O) groups excluding carboxylic acids is 1. The zero-order chi connectivity index (χ0) is 13.5. The molecule has 0 atom stereocenters. The summed E-state index contributed by atoms with van der Waals surface area (Å²) in [5.74, 6) is 7.59. The molecule has 2 N–H and O–H groups in total. The van der Waals surface area contributed by atoms with Crippen molar-refractivity contribution in [1.29, 1.82) is 0 Å². The lowest BCUT2D eigenvalue weighted by Gasteiger charge is -2.22. The quantitative estimate of drug-likeness (QED) is 0.807. The van der Waals surface area contributed by atoms with Gasteiger partial charge in [0.2, 0.25) is 0 Å². The van der Waals surface area contributed by atoms with Gasteiger partial charge in [-0.05, 0) is 42.5 Å². The van der Waals surface area contributed by atoms with Crippen LogP contribution in [0.2, 0.25) is 0 Å². The first-order valence-corrected chi connectivity index (χ1v) is 7.53. The Balaban J connectivity index is 2.01. The highest BCUT2D eigenvalue weighted by atomic mass is 32.2. The summed E-state index contributed by atoms with van der Waals surface area (Å²) < 4.78 is 0. The zero-order valence-corrected chi connectivity index (χ0v) is 11.5. The number of hydrogen-bond donors (Lipinski definition) is 2. The van der Waals surface area contributed by atoms with Crippen molar-refractivity contribution in [2.24, 2.45) is 0 Å². The fraction of sp³-hybridized carbons (Fsp3) is 0.400. The second-order valence-electron chi connectivity index (χ2n) is 4.40. The van der Waals surface area contributed by atoms with Crippen LogP contribution in [0.1, 0.15) is 28.8 Å². The van der Waals surface area contributed by atoms with Crippen LogP contribution in [0.4, 0.5) is 0 Å². The van der Waals surface area contributed by atoms with Gasteiger partial charge < -0.3 is 10.4 Å². The number of thioether (sulfide) groups is 1.